The third kappa shape index (κ3) is 4.13. The van der Waals surface area contributed by atoms with Gasteiger partial charge in [0.2, 0.25) is 0 Å². The zero-order valence-electron chi connectivity index (χ0n) is 9.19. The highest BCUT2D eigenvalue weighted by Gasteiger charge is 2.07. The van der Waals surface area contributed by atoms with Crippen molar-refractivity contribution in [2.75, 3.05) is 13.2 Å². The van der Waals surface area contributed by atoms with Crippen molar-refractivity contribution in [3.63, 3.8) is 0 Å². The van der Waals surface area contributed by atoms with Gasteiger partial charge in [-0.15, -0.1) is 0 Å². The summed E-state index contributed by atoms with van der Waals surface area (Å²) in [6.07, 6.45) is 0. The Morgan fingerprint density at radius 1 is 1.40 bits per heavy atom. The number of likely N-dealkylation sites (N-methyl/N-ethyl adjacent to an activating group) is 1. The Bertz CT molecular complexity index is 298. The SMILES string of the molecule is CCNC(C)COC(=O)c1ccccc1. The molecule has 0 heterocycles. The van der Waals surface area contributed by atoms with Crippen LogP contribution in [0.15, 0.2) is 30.3 Å². The molecule has 0 aromatic heterocycles. The molecule has 0 spiro atoms. The average molecular weight is 207 g/mol. The zero-order valence-corrected chi connectivity index (χ0v) is 9.19. The summed E-state index contributed by atoms with van der Waals surface area (Å²) in [6.45, 7) is 5.29. The van der Waals surface area contributed by atoms with Crippen molar-refractivity contribution in [1.29, 1.82) is 0 Å². The van der Waals surface area contributed by atoms with Crippen molar-refractivity contribution in [3.05, 3.63) is 35.9 Å². The lowest BCUT2D eigenvalue weighted by atomic mass is 10.2. The van der Waals surface area contributed by atoms with Crippen LogP contribution < -0.4 is 5.32 Å². The van der Waals surface area contributed by atoms with Gasteiger partial charge in [-0.3, -0.25) is 0 Å². The lowest BCUT2D eigenvalue weighted by Crippen LogP contribution is -2.31. The van der Waals surface area contributed by atoms with E-state index in [2.05, 4.69) is 5.32 Å². The van der Waals surface area contributed by atoms with Crippen molar-refractivity contribution in [1.82, 2.24) is 5.32 Å². The van der Waals surface area contributed by atoms with Gasteiger partial charge < -0.3 is 10.1 Å². The molecule has 0 amide bonds. The molecule has 1 N–H and O–H groups in total. The van der Waals surface area contributed by atoms with E-state index in [1.807, 2.05) is 32.0 Å². The average Bonchev–Trinajstić information content (AvgIpc) is 2.27. The monoisotopic (exact) mass is 207 g/mol. The van der Waals surface area contributed by atoms with E-state index in [-0.39, 0.29) is 12.0 Å². The first-order valence-corrected chi connectivity index (χ1v) is 5.19. The molecule has 0 saturated heterocycles. The highest BCUT2D eigenvalue weighted by molar-refractivity contribution is 5.89. The highest BCUT2D eigenvalue weighted by atomic mass is 16.5. The fraction of sp³-hybridized carbons (Fsp3) is 0.417. The number of benzene rings is 1. The Hall–Kier alpha value is -1.35. The van der Waals surface area contributed by atoms with Crippen molar-refractivity contribution < 1.29 is 9.53 Å². The molecule has 1 aromatic carbocycles. The molecule has 0 aliphatic rings. The van der Waals surface area contributed by atoms with Gasteiger partial charge in [0.1, 0.15) is 6.61 Å². The Morgan fingerprint density at radius 3 is 2.67 bits per heavy atom. The molecule has 0 aliphatic heterocycles. The molecule has 15 heavy (non-hydrogen) atoms. The van der Waals surface area contributed by atoms with Crippen LogP contribution in [0.1, 0.15) is 24.2 Å². The molecule has 82 valence electrons. The molecular formula is C12H17NO2. The summed E-state index contributed by atoms with van der Waals surface area (Å²) < 4.78 is 5.14. The van der Waals surface area contributed by atoms with Crippen LogP contribution in [-0.4, -0.2) is 25.2 Å². The van der Waals surface area contributed by atoms with Gasteiger partial charge >= 0.3 is 5.97 Å². The van der Waals surface area contributed by atoms with E-state index in [9.17, 15) is 4.79 Å². The van der Waals surface area contributed by atoms with Gasteiger partial charge in [0.25, 0.3) is 0 Å². The lowest BCUT2D eigenvalue weighted by molar-refractivity contribution is 0.0473. The topological polar surface area (TPSA) is 38.3 Å². The molecule has 1 rings (SSSR count). The van der Waals surface area contributed by atoms with E-state index in [1.165, 1.54) is 0 Å². The molecule has 0 radical (unpaired) electrons. The second kappa shape index (κ2) is 6.19. The van der Waals surface area contributed by atoms with Crippen LogP contribution in [0.5, 0.6) is 0 Å². The first-order valence-electron chi connectivity index (χ1n) is 5.19. The maximum atomic E-state index is 11.5. The van der Waals surface area contributed by atoms with E-state index < -0.39 is 0 Å². The summed E-state index contributed by atoms with van der Waals surface area (Å²) in [6, 6.07) is 9.22. The number of esters is 1. The number of ether oxygens (including phenoxy) is 1. The first kappa shape index (κ1) is 11.7. The summed E-state index contributed by atoms with van der Waals surface area (Å²) in [5, 5.41) is 3.18. The van der Waals surface area contributed by atoms with Crippen molar-refractivity contribution in [2.45, 2.75) is 19.9 Å². The molecular weight excluding hydrogens is 190 g/mol. The smallest absolute Gasteiger partial charge is 0.338 e. The predicted molar refractivity (Wildman–Crippen MR) is 59.9 cm³/mol. The van der Waals surface area contributed by atoms with E-state index >= 15 is 0 Å². The van der Waals surface area contributed by atoms with Gasteiger partial charge in [-0.1, -0.05) is 25.1 Å². The molecule has 1 unspecified atom stereocenters. The Kier molecular flexibility index (Phi) is 4.84. The minimum atomic E-state index is -0.264. The molecule has 3 nitrogen and oxygen atoms in total. The largest absolute Gasteiger partial charge is 0.460 e. The lowest BCUT2D eigenvalue weighted by Gasteiger charge is -2.12. The number of hydrogen-bond acceptors (Lipinski definition) is 3. The third-order valence-corrected chi connectivity index (χ3v) is 2.03. The van der Waals surface area contributed by atoms with Crippen molar-refractivity contribution in [3.8, 4) is 0 Å². The minimum absolute atomic E-state index is 0.197. The number of carbonyl (C=O) groups excluding carboxylic acids is 1. The zero-order chi connectivity index (χ0) is 11.1. The van der Waals surface area contributed by atoms with E-state index in [0.29, 0.717) is 12.2 Å². The normalized spacial score (nSPS) is 12.1. The van der Waals surface area contributed by atoms with E-state index in [0.717, 1.165) is 6.54 Å². The second-order valence-electron chi connectivity index (χ2n) is 3.42. The van der Waals surface area contributed by atoms with Gasteiger partial charge in [0, 0.05) is 6.04 Å². The quantitative estimate of drug-likeness (QED) is 0.749. The van der Waals surface area contributed by atoms with Gasteiger partial charge in [-0.25, -0.2) is 4.79 Å². The van der Waals surface area contributed by atoms with Crippen LogP contribution in [0, 0.1) is 0 Å². The number of carbonyl (C=O) groups is 1. The van der Waals surface area contributed by atoms with Crippen LogP contribution in [0.25, 0.3) is 0 Å². The number of hydrogen-bond donors (Lipinski definition) is 1. The number of rotatable bonds is 5. The number of nitrogens with one attached hydrogen (secondary N) is 1. The predicted octanol–water partition coefficient (Wildman–Crippen LogP) is 1.84. The van der Waals surface area contributed by atoms with E-state index in [4.69, 9.17) is 4.74 Å². The fourth-order valence-corrected chi connectivity index (χ4v) is 1.27. The third-order valence-electron chi connectivity index (χ3n) is 2.03. The summed E-state index contributed by atoms with van der Waals surface area (Å²) in [5.41, 5.74) is 0.598. The fourth-order valence-electron chi connectivity index (χ4n) is 1.27. The Labute approximate surface area is 90.4 Å². The second-order valence-corrected chi connectivity index (χ2v) is 3.42. The first-order chi connectivity index (χ1) is 7.24. The van der Waals surface area contributed by atoms with Crippen LogP contribution >= 0.6 is 0 Å². The molecule has 3 heteroatoms. The molecule has 1 atom stereocenters. The van der Waals surface area contributed by atoms with Crippen molar-refractivity contribution >= 4 is 5.97 Å². The maximum Gasteiger partial charge on any atom is 0.338 e. The van der Waals surface area contributed by atoms with Crippen LogP contribution in [0.4, 0.5) is 0 Å². The van der Waals surface area contributed by atoms with Crippen LogP contribution in [0.3, 0.4) is 0 Å². The standard InChI is InChI=1S/C12H17NO2/c1-3-13-10(2)9-15-12(14)11-7-5-4-6-8-11/h4-8,10,13H,3,9H2,1-2H3. The Morgan fingerprint density at radius 2 is 2.07 bits per heavy atom. The molecule has 0 aliphatic carbocycles. The van der Waals surface area contributed by atoms with Gasteiger partial charge in [-0.2, -0.15) is 0 Å². The minimum Gasteiger partial charge on any atom is -0.460 e. The summed E-state index contributed by atoms with van der Waals surface area (Å²) in [7, 11) is 0. The highest BCUT2D eigenvalue weighted by Crippen LogP contribution is 2.01. The summed E-state index contributed by atoms with van der Waals surface area (Å²) in [4.78, 5) is 11.5. The van der Waals surface area contributed by atoms with Gasteiger partial charge in [0.15, 0.2) is 0 Å². The van der Waals surface area contributed by atoms with Crippen LogP contribution in [-0.2, 0) is 4.74 Å². The van der Waals surface area contributed by atoms with Crippen molar-refractivity contribution in [2.24, 2.45) is 0 Å². The van der Waals surface area contributed by atoms with Crippen LogP contribution in [0.2, 0.25) is 0 Å². The molecule has 0 saturated carbocycles. The molecule has 0 fully saturated rings. The molecule has 1 aromatic rings. The van der Waals surface area contributed by atoms with E-state index in [1.54, 1.807) is 12.1 Å². The maximum absolute atomic E-state index is 11.5. The van der Waals surface area contributed by atoms with Gasteiger partial charge in [-0.05, 0) is 25.6 Å². The molecule has 0 bridgehead atoms. The summed E-state index contributed by atoms with van der Waals surface area (Å²) in [5.74, 6) is -0.264. The summed E-state index contributed by atoms with van der Waals surface area (Å²) >= 11 is 0. The Balaban J connectivity index is 2.37. The van der Waals surface area contributed by atoms with Gasteiger partial charge in [0.05, 0.1) is 5.56 Å².